The first-order chi connectivity index (χ1) is 11.1. The highest BCUT2D eigenvalue weighted by atomic mass is 32.2. The van der Waals surface area contributed by atoms with Crippen LogP contribution in [0.2, 0.25) is 0 Å². The summed E-state index contributed by atoms with van der Waals surface area (Å²) in [6.45, 7) is 0.265. The number of rotatable bonds is 6. The lowest BCUT2D eigenvalue weighted by molar-refractivity contribution is -0.118. The summed E-state index contributed by atoms with van der Waals surface area (Å²) in [6, 6.07) is 6.41. The van der Waals surface area contributed by atoms with Crippen molar-refractivity contribution in [1.82, 2.24) is 10.3 Å². The molecule has 5 nitrogen and oxygen atoms in total. The Hall–Kier alpha value is -1.86. The van der Waals surface area contributed by atoms with Gasteiger partial charge in [-0.25, -0.2) is 9.78 Å². The molecule has 0 fully saturated rings. The van der Waals surface area contributed by atoms with Crippen LogP contribution in [-0.2, 0) is 24.2 Å². The molecule has 1 amide bonds. The van der Waals surface area contributed by atoms with Gasteiger partial charge >= 0.3 is 5.97 Å². The summed E-state index contributed by atoms with van der Waals surface area (Å²) in [7, 11) is 0. The van der Waals surface area contributed by atoms with E-state index in [9.17, 15) is 9.59 Å². The highest BCUT2D eigenvalue weighted by molar-refractivity contribution is 8.00. The number of carbonyl (C=O) groups excluding carboxylic acids is 1. The van der Waals surface area contributed by atoms with Gasteiger partial charge < -0.3 is 10.4 Å². The van der Waals surface area contributed by atoms with E-state index >= 15 is 0 Å². The van der Waals surface area contributed by atoms with E-state index in [1.807, 2.05) is 0 Å². The number of fused-ring (bicyclic) bond motifs is 1. The summed E-state index contributed by atoms with van der Waals surface area (Å²) < 4.78 is 0. The smallest absolute Gasteiger partial charge is 0.355 e. The first-order valence-electron chi connectivity index (χ1n) is 7.31. The van der Waals surface area contributed by atoms with Gasteiger partial charge in [0.2, 0.25) is 5.91 Å². The minimum Gasteiger partial charge on any atom is -0.476 e. The van der Waals surface area contributed by atoms with Gasteiger partial charge in [0.25, 0.3) is 0 Å². The molecule has 0 saturated heterocycles. The zero-order valence-electron chi connectivity index (χ0n) is 12.4. The number of carboxylic acid groups (broad SMARTS) is 1. The topological polar surface area (TPSA) is 79.3 Å². The normalized spacial score (nSPS) is 12.9. The van der Waals surface area contributed by atoms with Crippen LogP contribution in [0.25, 0.3) is 0 Å². The van der Waals surface area contributed by atoms with Gasteiger partial charge in [-0.05, 0) is 42.5 Å². The first kappa shape index (κ1) is 16.0. The van der Waals surface area contributed by atoms with Crippen molar-refractivity contribution in [3.05, 3.63) is 45.4 Å². The molecule has 1 aromatic carbocycles. The van der Waals surface area contributed by atoms with Crippen molar-refractivity contribution in [2.24, 2.45) is 0 Å². The maximum Gasteiger partial charge on any atom is 0.355 e. The van der Waals surface area contributed by atoms with E-state index in [4.69, 9.17) is 5.11 Å². The molecule has 0 radical (unpaired) electrons. The second-order valence-corrected chi connectivity index (χ2v) is 7.27. The van der Waals surface area contributed by atoms with Crippen LogP contribution in [0, 0.1) is 0 Å². The highest BCUT2D eigenvalue weighted by Gasteiger charge is 2.12. The van der Waals surface area contributed by atoms with Gasteiger partial charge in [0.15, 0.2) is 5.69 Å². The van der Waals surface area contributed by atoms with E-state index in [0.717, 1.165) is 17.7 Å². The Balaban J connectivity index is 1.46. The number of aromatic nitrogens is 1. The Morgan fingerprint density at radius 3 is 2.91 bits per heavy atom. The van der Waals surface area contributed by atoms with Crippen LogP contribution in [-0.4, -0.2) is 27.7 Å². The number of carboxylic acids is 1. The van der Waals surface area contributed by atoms with Crippen molar-refractivity contribution >= 4 is 35.0 Å². The third-order valence-electron chi connectivity index (χ3n) is 3.65. The largest absolute Gasteiger partial charge is 0.476 e. The van der Waals surface area contributed by atoms with Crippen molar-refractivity contribution in [3.8, 4) is 0 Å². The molecule has 2 aromatic rings. The monoisotopic (exact) mass is 348 g/mol. The van der Waals surface area contributed by atoms with Crippen molar-refractivity contribution in [1.29, 1.82) is 0 Å². The summed E-state index contributed by atoms with van der Waals surface area (Å²) >= 11 is 2.75. The van der Waals surface area contributed by atoms with Crippen molar-refractivity contribution in [2.45, 2.75) is 30.7 Å². The second kappa shape index (κ2) is 7.14. The zero-order valence-corrected chi connectivity index (χ0v) is 14.0. The lowest BCUT2D eigenvalue weighted by Gasteiger charge is -2.05. The number of hydrogen-bond donors (Lipinski definition) is 2. The van der Waals surface area contributed by atoms with Crippen molar-refractivity contribution < 1.29 is 14.7 Å². The fourth-order valence-electron chi connectivity index (χ4n) is 2.50. The molecule has 1 aromatic heterocycles. The molecule has 2 N–H and O–H groups in total. The quantitative estimate of drug-likeness (QED) is 0.785. The van der Waals surface area contributed by atoms with Crippen LogP contribution in [0.5, 0.6) is 0 Å². The Morgan fingerprint density at radius 1 is 1.30 bits per heavy atom. The van der Waals surface area contributed by atoms with Gasteiger partial charge in [-0.15, -0.1) is 23.1 Å². The molecule has 23 heavy (non-hydrogen) atoms. The van der Waals surface area contributed by atoms with Gasteiger partial charge in [0.1, 0.15) is 5.01 Å². The molecule has 0 saturated carbocycles. The molecule has 0 unspecified atom stereocenters. The molecule has 0 atom stereocenters. The molecule has 1 aliphatic rings. The number of thioether (sulfide) groups is 1. The number of aryl methyl sites for hydroxylation is 2. The van der Waals surface area contributed by atoms with Crippen LogP contribution < -0.4 is 5.32 Å². The van der Waals surface area contributed by atoms with E-state index in [0.29, 0.717) is 10.8 Å². The minimum atomic E-state index is -1.05. The minimum absolute atomic E-state index is 0.0202. The van der Waals surface area contributed by atoms with Gasteiger partial charge in [0, 0.05) is 10.3 Å². The molecule has 1 aliphatic carbocycles. The average molecular weight is 348 g/mol. The predicted molar refractivity (Wildman–Crippen MR) is 90.1 cm³/mol. The molecule has 0 aliphatic heterocycles. The van der Waals surface area contributed by atoms with Crippen LogP contribution in [0.3, 0.4) is 0 Å². The number of benzene rings is 1. The van der Waals surface area contributed by atoms with Crippen molar-refractivity contribution in [2.75, 3.05) is 5.75 Å². The maximum absolute atomic E-state index is 11.9. The van der Waals surface area contributed by atoms with Gasteiger partial charge in [-0.1, -0.05) is 6.07 Å². The van der Waals surface area contributed by atoms with E-state index < -0.39 is 5.97 Å². The molecular formula is C16H16N2O3S2. The summed E-state index contributed by atoms with van der Waals surface area (Å²) in [6.07, 6.45) is 3.51. The Morgan fingerprint density at radius 2 is 2.13 bits per heavy atom. The third kappa shape index (κ3) is 4.11. The van der Waals surface area contributed by atoms with Crippen LogP contribution in [0.1, 0.15) is 33.0 Å². The number of hydrogen-bond acceptors (Lipinski definition) is 5. The first-order valence-corrected chi connectivity index (χ1v) is 9.17. The molecule has 7 heteroatoms. The maximum atomic E-state index is 11.9. The SMILES string of the molecule is O=C(CSc1ccc2c(c1)CCC2)NCc1nc(C(=O)O)cs1. The molecule has 120 valence electrons. The standard InChI is InChI=1S/C16H16N2O3S2/c19-14(17-7-15-18-13(8-23-15)16(20)21)9-22-12-5-4-10-2-1-3-11(10)6-12/h4-6,8H,1-3,7,9H2,(H,17,19)(H,20,21). The highest BCUT2D eigenvalue weighted by Crippen LogP contribution is 2.27. The number of nitrogens with one attached hydrogen (secondary N) is 1. The van der Waals surface area contributed by atoms with Crippen molar-refractivity contribution in [3.63, 3.8) is 0 Å². The van der Waals surface area contributed by atoms with Crippen LogP contribution in [0.15, 0.2) is 28.5 Å². The molecule has 0 bridgehead atoms. The number of carbonyl (C=O) groups is 2. The lowest BCUT2D eigenvalue weighted by atomic mass is 10.1. The fourth-order valence-corrected chi connectivity index (χ4v) is 4.00. The molecule has 0 spiro atoms. The summed E-state index contributed by atoms with van der Waals surface area (Å²) in [5, 5.41) is 13.6. The van der Waals surface area contributed by atoms with Gasteiger partial charge in [0.05, 0.1) is 12.3 Å². The van der Waals surface area contributed by atoms with E-state index in [-0.39, 0.29) is 18.1 Å². The van der Waals surface area contributed by atoms with Crippen LogP contribution >= 0.6 is 23.1 Å². The summed E-state index contributed by atoms with van der Waals surface area (Å²) in [5.41, 5.74) is 2.85. The molecular weight excluding hydrogens is 332 g/mol. The Bertz CT molecular complexity index is 743. The number of aromatic carboxylic acids is 1. The Labute approximate surface area is 142 Å². The number of thiazole rings is 1. The van der Waals surface area contributed by atoms with Gasteiger partial charge in [-0.2, -0.15) is 0 Å². The number of nitrogens with zero attached hydrogens (tertiary/aromatic N) is 1. The zero-order chi connectivity index (χ0) is 16.2. The molecule has 3 rings (SSSR count). The van der Waals surface area contributed by atoms with E-state index in [1.165, 1.54) is 46.0 Å². The Kier molecular flexibility index (Phi) is 4.97. The van der Waals surface area contributed by atoms with E-state index in [2.05, 4.69) is 28.5 Å². The summed E-state index contributed by atoms with van der Waals surface area (Å²) in [5.74, 6) is -0.788. The average Bonchev–Trinajstić information content (AvgIpc) is 3.19. The van der Waals surface area contributed by atoms with Crippen LogP contribution in [0.4, 0.5) is 0 Å². The van der Waals surface area contributed by atoms with E-state index in [1.54, 1.807) is 0 Å². The lowest BCUT2D eigenvalue weighted by Crippen LogP contribution is -2.24. The fraction of sp³-hybridized carbons (Fsp3) is 0.312. The number of amides is 1. The van der Waals surface area contributed by atoms with Gasteiger partial charge in [-0.3, -0.25) is 4.79 Å². The predicted octanol–water partition coefficient (Wildman–Crippen LogP) is 2.74. The summed E-state index contributed by atoms with van der Waals surface area (Å²) in [4.78, 5) is 27.7. The third-order valence-corrected chi connectivity index (χ3v) is 5.49. The molecule has 1 heterocycles. The second-order valence-electron chi connectivity index (χ2n) is 5.28.